The van der Waals surface area contributed by atoms with E-state index in [2.05, 4.69) is 0 Å². The van der Waals surface area contributed by atoms with Gasteiger partial charge in [-0.05, 0) is 20.3 Å². The second-order valence-electron chi connectivity index (χ2n) is 3.33. The van der Waals surface area contributed by atoms with Gasteiger partial charge in [-0.15, -0.1) is 0 Å². The minimum atomic E-state index is -0.996. The van der Waals surface area contributed by atoms with Gasteiger partial charge in [-0.25, -0.2) is 4.79 Å². The lowest BCUT2D eigenvalue weighted by Crippen LogP contribution is -2.44. The number of aliphatic hydroxyl groups is 1. The molecular formula is C10H20O4. The molecule has 0 spiro atoms. The first kappa shape index (κ1) is 13.4. The highest BCUT2D eigenvalue weighted by Crippen LogP contribution is 2.23. The van der Waals surface area contributed by atoms with Crippen LogP contribution >= 0.6 is 0 Å². The predicted octanol–water partition coefficient (Wildman–Crippen LogP) is 1.12. The number of esters is 1. The van der Waals surface area contributed by atoms with Gasteiger partial charge in [-0.2, -0.15) is 0 Å². The molecule has 2 unspecified atom stereocenters. The van der Waals surface area contributed by atoms with E-state index in [-0.39, 0.29) is 6.42 Å². The molecule has 2 atom stereocenters. The van der Waals surface area contributed by atoms with Crippen LogP contribution in [0.5, 0.6) is 0 Å². The number of carbonyl (C=O) groups excluding carboxylic acids is 1. The monoisotopic (exact) mass is 204 g/mol. The first-order chi connectivity index (χ1) is 6.52. The Labute approximate surface area is 85.2 Å². The van der Waals surface area contributed by atoms with Crippen molar-refractivity contribution >= 4 is 5.97 Å². The zero-order chi connectivity index (χ0) is 11.2. The van der Waals surface area contributed by atoms with Crippen LogP contribution in [-0.4, -0.2) is 36.5 Å². The lowest BCUT2D eigenvalue weighted by molar-refractivity contribution is -0.172. The molecule has 1 N–H and O–H groups in total. The van der Waals surface area contributed by atoms with Crippen molar-refractivity contribution in [3.63, 3.8) is 0 Å². The molecule has 0 radical (unpaired) electrons. The number of aliphatic hydroxyl groups excluding tert-OH is 1. The largest absolute Gasteiger partial charge is 0.464 e. The number of ether oxygens (including phenoxy) is 2. The van der Waals surface area contributed by atoms with Crippen molar-refractivity contribution in [3.8, 4) is 0 Å². The summed E-state index contributed by atoms with van der Waals surface area (Å²) >= 11 is 0. The van der Waals surface area contributed by atoms with Gasteiger partial charge in [0, 0.05) is 13.5 Å². The molecule has 0 fully saturated rings. The van der Waals surface area contributed by atoms with Crippen molar-refractivity contribution in [2.45, 2.75) is 45.3 Å². The highest BCUT2D eigenvalue weighted by molar-refractivity contribution is 5.79. The van der Waals surface area contributed by atoms with Gasteiger partial charge in [0.25, 0.3) is 0 Å². The van der Waals surface area contributed by atoms with Crippen LogP contribution < -0.4 is 0 Å². The van der Waals surface area contributed by atoms with Gasteiger partial charge in [0.1, 0.15) is 0 Å². The first-order valence-electron chi connectivity index (χ1n) is 4.92. The van der Waals surface area contributed by atoms with E-state index in [9.17, 15) is 9.90 Å². The van der Waals surface area contributed by atoms with Crippen LogP contribution in [0.1, 0.15) is 33.6 Å². The van der Waals surface area contributed by atoms with E-state index in [0.717, 1.165) is 0 Å². The standard InChI is InChI=1S/C10H20O4/c1-5-10(13-4,7-8(3)11)9(12)14-6-2/h8,11H,5-7H2,1-4H3. The van der Waals surface area contributed by atoms with Crippen molar-refractivity contribution in [1.82, 2.24) is 0 Å². The van der Waals surface area contributed by atoms with Crippen LogP contribution in [0.15, 0.2) is 0 Å². The topological polar surface area (TPSA) is 55.8 Å². The average Bonchev–Trinajstić information content (AvgIpc) is 2.14. The molecule has 0 aromatic rings. The molecule has 84 valence electrons. The quantitative estimate of drug-likeness (QED) is 0.659. The van der Waals surface area contributed by atoms with Crippen molar-refractivity contribution in [1.29, 1.82) is 0 Å². The van der Waals surface area contributed by atoms with Crippen LogP contribution in [0.25, 0.3) is 0 Å². The lowest BCUT2D eigenvalue weighted by Gasteiger charge is -2.29. The SMILES string of the molecule is CCOC(=O)C(CC)(CC(C)O)OC. The molecule has 0 aromatic heterocycles. The van der Waals surface area contributed by atoms with Crippen LogP contribution in [0.4, 0.5) is 0 Å². The van der Waals surface area contributed by atoms with Gasteiger partial charge in [-0.1, -0.05) is 6.92 Å². The Hall–Kier alpha value is -0.610. The van der Waals surface area contributed by atoms with Crippen molar-refractivity contribution < 1.29 is 19.4 Å². The van der Waals surface area contributed by atoms with Crippen molar-refractivity contribution in [2.24, 2.45) is 0 Å². The highest BCUT2D eigenvalue weighted by atomic mass is 16.6. The molecule has 0 aliphatic rings. The minimum absolute atomic E-state index is 0.263. The fourth-order valence-electron chi connectivity index (χ4n) is 1.42. The van der Waals surface area contributed by atoms with Crippen LogP contribution in [0, 0.1) is 0 Å². The zero-order valence-electron chi connectivity index (χ0n) is 9.37. The van der Waals surface area contributed by atoms with Gasteiger partial charge in [0.2, 0.25) is 0 Å². The fourth-order valence-corrected chi connectivity index (χ4v) is 1.42. The fraction of sp³-hybridized carbons (Fsp3) is 0.900. The van der Waals surface area contributed by atoms with Crippen molar-refractivity contribution in [3.05, 3.63) is 0 Å². The molecule has 0 aliphatic heterocycles. The summed E-state index contributed by atoms with van der Waals surface area (Å²) < 4.78 is 10.1. The molecule has 0 heterocycles. The van der Waals surface area contributed by atoms with Crippen LogP contribution in [-0.2, 0) is 14.3 Å². The third-order valence-electron chi connectivity index (χ3n) is 2.23. The Bertz CT molecular complexity index is 173. The summed E-state index contributed by atoms with van der Waals surface area (Å²) in [5.41, 5.74) is -0.996. The van der Waals surface area contributed by atoms with E-state index in [4.69, 9.17) is 9.47 Å². The van der Waals surface area contributed by atoms with Gasteiger partial charge >= 0.3 is 5.97 Å². The Balaban J connectivity index is 4.59. The van der Waals surface area contributed by atoms with Crippen LogP contribution in [0.3, 0.4) is 0 Å². The maximum Gasteiger partial charge on any atom is 0.338 e. The molecule has 0 bridgehead atoms. The maximum absolute atomic E-state index is 11.6. The first-order valence-corrected chi connectivity index (χ1v) is 4.92. The molecule has 0 aliphatic carbocycles. The second kappa shape index (κ2) is 5.98. The van der Waals surface area contributed by atoms with Gasteiger partial charge in [0.05, 0.1) is 12.7 Å². The lowest BCUT2D eigenvalue weighted by atomic mass is 9.93. The summed E-state index contributed by atoms with van der Waals surface area (Å²) in [6.07, 6.45) is 0.172. The number of rotatable bonds is 6. The summed E-state index contributed by atoms with van der Waals surface area (Å²) in [5.74, 6) is -0.397. The molecule has 14 heavy (non-hydrogen) atoms. The second-order valence-corrected chi connectivity index (χ2v) is 3.33. The third-order valence-corrected chi connectivity index (χ3v) is 2.23. The van der Waals surface area contributed by atoms with E-state index in [1.54, 1.807) is 13.8 Å². The van der Waals surface area contributed by atoms with Crippen LogP contribution in [0.2, 0.25) is 0 Å². The number of methoxy groups -OCH3 is 1. The molecular weight excluding hydrogens is 184 g/mol. The summed E-state index contributed by atoms with van der Waals surface area (Å²) in [5, 5.41) is 9.28. The Morgan fingerprint density at radius 1 is 1.50 bits per heavy atom. The Morgan fingerprint density at radius 3 is 2.36 bits per heavy atom. The van der Waals surface area contributed by atoms with Gasteiger partial charge in [0.15, 0.2) is 5.60 Å². The Morgan fingerprint density at radius 2 is 2.07 bits per heavy atom. The summed E-state index contributed by atoms with van der Waals surface area (Å²) in [6, 6.07) is 0. The average molecular weight is 204 g/mol. The number of hydrogen-bond donors (Lipinski definition) is 1. The minimum Gasteiger partial charge on any atom is -0.464 e. The zero-order valence-corrected chi connectivity index (χ0v) is 9.37. The van der Waals surface area contributed by atoms with Gasteiger partial charge in [-0.3, -0.25) is 0 Å². The smallest absolute Gasteiger partial charge is 0.338 e. The molecule has 4 heteroatoms. The summed E-state index contributed by atoms with van der Waals surface area (Å²) in [4.78, 5) is 11.6. The van der Waals surface area contributed by atoms with E-state index in [1.165, 1.54) is 7.11 Å². The van der Waals surface area contributed by atoms with E-state index in [0.29, 0.717) is 13.0 Å². The molecule has 0 saturated heterocycles. The normalized spacial score (nSPS) is 17.2. The predicted molar refractivity (Wildman–Crippen MR) is 53.0 cm³/mol. The maximum atomic E-state index is 11.6. The number of carbonyl (C=O) groups is 1. The summed E-state index contributed by atoms with van der Waals surface area (Å²) in [6.45, 7) is 5.53. The Kier molecular flexibility index (Phi) is 5.72. The van der Waals surface area contributed by atoms with Crippen molar-refractivity contribution in [2.75, 3.05) is 13.7 Å². The third kappa shape index (κ3) is 3.27. The number of hydrogen-bond acceptors (Lipinski definition) is 4. The molecule has 4 nitrogen and oxygen atoms in total. The molecule has 0 saturated carbocycles. The summed E-state index contributed by atoms with van der Waals surface area (Å²) in [7, 11) is 1.46. The highest BCUT2D eigenvalue weighted by Gasteiger charge is 2.39. The molecule has 0 rings (SSSR count). The van der Waals surface area contributed by atoms with Gasteiger partial charge < -0.3 is 14.6 Å². The van der Waals surface area contributed by atoms with E-state index >= 15 is 0 Å². The van der Waals surface area contributed by atoms with E-state index < -0.39 is 17.7 Å². The molecule has 0 aromatic carbocycles. The molecule has 0 amide bonds. The van der Waals surface area contributed by atoms with E-state index in [1.807, 2.05) is 6.92 Å².